The summed E-state index contributed by atoms with van der Waals surface area (Å²) in [5, 5.41) is 4.13. The van der Waals surface area contributed by atoms with Gasteiger partial charge in [0.05, 0.1) is 5.75 Å². The number of aromatic amines is 1. The van der Waals surface area contributed by atoms with Gasteiger partial charge in [-0.2, -0.15) is 13.2 Å². The van der Waals surface area contributed by atoms with Gasteiger partial charge in [-0.05, 0) is 25.8 Å². The van der Waals surface area contributed by atoms with Crippen molar-refractivity contribution in [3.8, 4) is 0 Å². The van der Waals surface area contributed by atoms with Crippen LogP contribution in [0.4, 0.5) is 19.0 Å². The molecule has 4 rings (SSSR count). The number of carbonyl (C=O) groups is 1. The van der Waals surface area contributed by atoms with Crippen LogP contribution in [0.1, 0.15) is 24.4 Å². The number of thioether (sulfide) groups is 1. The van der Waals surface area contributed by atoms with Crippen LogP contribution in [0, 0.1) is 6.92 Å². The molecule has 31 heavy (non-hydrogen) atoms. The van der Waals surface area contributed by atoms with Crippen LogP contribution < -0.4 is 10.2 Å². The third-order valence-corrected chi connectivity index (χ3v) is 6.26. The molecule has 3 aromatic rings. The van der Waals surface area contributed by atoms with Crippen LogP contribution in [-0.4, -0.2) is 45.7 Å². The number of rotatable bonds is 5. The Bertz CT molecular complexity index is 1080. The molecule has 1 aliphatic rings. The molecule has 6 nitrogen and oxygen atoms in total. The third-order valence-electron chi connectivity index (χ3n) is 5.21. The fraction of sp³-hybridized carbons (Fsp3) is 0.381. The maximum Gasteiger partial charge on any atom is 0.433 e. The molecule has 0 atom stereocenters. The standard InChI is InChI=1S/C21H22F3N5OS/c1-13-26-18(21(22,23)24)10-19(27-13)29-8-6-14(7-9-29)28-20(30)12-31-17-11-25-16-5-3-2-4-15(16)17/h2-5,10-11,14,25H,6-9,12H2,1H3,(H,28,30). The molecular weight excluding hydrogens is 427 g/mol. The number of carbonyl (C=O) groups excluding carboxylic acids is 1. The predicted octanol–water partition coefficient (Wildman–Crippen LogP) is 4.16. The van der Waals surface area contributed by atoms with Crippen LogP contribution in [-0.2, 0) is 11.0 Å². The number of aromatic nitrogens is 3. The molecule has 0 aliphatic carbocycles. The van der Waals surface area contributed by atoms with Gasteiger partial charge in [-0.1, -0.05) is 18.2 Å². The van der Waals surface area contributed by atoms with Crippen LogP contribution in [0.25, 0.3) is 10.9 Å². The number of para-hydroxylation sites is 1. The topological polar surface area (TPSA) is 73.9 Å². The van der Waals surface area contributed by atoms with Gasteiger partial charge in [-0.25, -0.2) is 9.97 Å². The minimum atomic E-state index is -4.50. The number of anilines is 1. The van der Waals surface area contributed by atoms with Crippen molar-refractivity contribution in [3.63, 3.8) is 0 Å². The van der Waals surface area contributed by atoms with E-state index in [2.05, 4.69) is 20.3 Å². The number of fused-ring (bicyclic) bond motifs is 1. The number of H-pyrrole nitrogens is 1. The number of nitrogens with zero attached hydrogens (tertiary/aromatic N) is 3. The van der Waals surface area contributed by atoms with Gasteiger partial charge in [0.25, 0.3) is 0 Å². The molecule has 2 N–H and O–H groups in total. The van der Waals surface area contributed by atoms with Gasteiger partial charge in [0.1, 0.15) is 17.3 Å². The quantitative estimate of drug-likeness (QED) is 0.572. The zero-order chi connectivity index (χ0) is 22.0. The van der Waals surface area contributed by atoms with Crippen LogP contribution in [0.15, 0.2) is 41.4 Å². The molecule has 2 aromatic heterocycles. The molecule has 1 aromatic carbocycles. The van der Waals surface area contributed by atoms with E-state index >= 15 is 0 Å². The highest BCUT2D eigenvalue weighted by Crippen LogP contribution is 2.30. The van der Waals surface area contributed by atoms with Crippen molar-refractivity contribution < 1.29 is 18.0 Å². The van der Waals surface area contributed by atoms with Crippen molar-refractivity contribution in [2.75, 3.05) is 23.7 Å². The first-order valence-corrected chi connectivity index (χ1v) is 10.9. The maximum atomic E-state index is 13.0. The van der Waals surface area contributed by atoms with Gasteiger partial charge >= 0.3 is 6.18 Å². The molecule has 1 saturated heterocycles. The molecule has 1 fully saturated rings. The summed E-state index contributed by atoms with van der Waals surface area (Å²) in [6.45, 7) is 2.50. The van der Waals surface area contributed by atoms with E-state index in [1.807, 2.05) is 35.4 Å². The summed E-state index contributed by atoms with van der Waals surface area (Å²) >= 11 is 1.48. The molecular formula is C21H22F3N5OS. The number of alkyl halides is 3. The Hall–Kier alpha value is -2.75. The van der Waals surface area contributed by atoms with Gasteiger partial charge < -0.3 is 15.2 Å². The molecule has 1 aliphatic heterocycles. The summed E-state index contributed by atoms with van der Waals surface area (Å²) in [5.41, 5.74) is 0.103. The highest BCUT2D eigenvalue weighted by Gasteiger charge is 2.34. The number of benzene rings is 1. The summed E-state index contributed by atoms with van der Waals surface area (Å²) < 4.78 is 39.1. The zero-order valence-electron chi connectivity index (χ0n) is 16.9. The van der Waals surface area contributed by atoms with Gasteiger partial charge in [0.2, 0.25) is 5.91 Å². The lowest BCUT2D eigenvalue weighted by atomic mass is 10.0. The average Bonchev–Trinajstić information content (AvgIpc) is 3.15. The number of amides is 1. The highest BCUT2D eigenvalue weighted by molar-refractivity contribution is 8.00. The maximum absolute atomic E-state index is 13.0. The summed E-state index contributed by atoms with van der Waals surface area (Å²) in [5.74, 6) is 0.627. The van der Waals surface area contributed by atoms with Crippen molar-refractivity contribution in [3.05, 3.63) is 48.0 Å². The Morgan fingerprint density at radius 3 is 2.74 bits per heavy atom. The van der Waals surface area contributed by atoms with E-state index in [-0.39, 0.29) is 23.6 Å². The van der Waals surface area contributed by atoms with Crippen LogP contribution in [0.5, 0.6) is 0 Å². The lowest BCUT2D eigenvalue weighted by Crippen LogP contribution is -2.45. The first-order valence-electron chi connectivity index (χ1n) is 9.96. The number of hydrogen-bond donors (Lipinski definition) is 2. The smallest absolute Gasteiger partial charge is 0.360 e. The van der Waals surface area contributed by atoms with E-state index in [0.717, 1.165) is 21.9 Å². The third kappa shape index (κ3) is 5.12. The Kier molecular flexibility index (Phi) is 6.08. The normalized spacial score (nSPS) is 15.4. The Morgan fingerprint density at radius 1 is 1.26 bits per heavy atom. The molecule has 1 amide bonds. The summed E-state index contributed by atoms with van der Waals surface area (Å²) in [6.07, 6.45) is -1.31. The second-order valence-corrected chi connectivity index (χ2v) is 8.49. The summed E-state index contributed by atoms with van der Waals surface area (Å²) in [4.78, 5) is 26.1. The number of aryl methyl sites for hydroxylation is 1. The minimum absolute atomic E-state index is 0.00246. The van der Waals surface area contributed by atoms with Crippen molar-refractivity contribution in [2.24, 2.45) is 0 Å². The largest absolute Gasteiger partial charge is 0.433 e. The van der Waals surface area contributed by atoms with Crippen molar-refractivity contribution in [1.29, 1.82) is 0 Å². The molecule has 164 valence electrons. The lowest BCUT2D eigenvalue weighted by Gasteiger charge is -2.33. The molecule has 3 heterocycles. The molecule has 0 unspecified atom stereocenters. The first-order chi connectivity index (χ1) is 14.8. The van der Waals surface area contributed by atoms with Gasteiger partial charge in [0, 0.05) is 47.2 Å². The van der Waals surface area contributed by atoms with Crippen LogP contribution >= 0.6 is 11.8 Å². The first kappa shape index (κ1) is 21.5. The van der Waals surface area contributed by atoms with Crippen molar-refractivity contribution in [1.82, 2.24) is 20.3 Å². The number of halogens is 3. The Morgan fingerprint density at radius 2 is 2.00 bits per heavy atom. The van der Waals surface area contributed by atoms with Crippen LogP contribution in [0.2, 0.25) is 0 Å². The second kappa shape index (κ2) is 8.78. The number of nitrogens with one attached hydrogen (secondary N) is 2. The summed E-state index contributed by atoms with van der Waals surface area (Å²) in [7, 11) is 0. The average molecular weight is 450 g/mol. The molecule has 0 saturated carbocycles. The van der Waals surface area contributed by atoms with Gasteiger partial charge in [-0.3, -0.25) is 4.79 Å². The minimum Gasteiger partial charge on any atom is -0.360 e. The fourth-order valence-corrected chi connectivity index (χ4v) is 4.53. The lowest BCUT2D eigenvalue weighted by molar-refractivity contribution is -0.141. The van der Waals surface area contributed by atoms with E-state index < -0.39 is 11.9 Å². The second-order valence-electron chi connectivity index (χ2n) is 7.47. The van der Waals surface area contributed by atoms with Gasteiger partial charge in [0.15, 0.2) is 0 Å². The SMILES string of the molecule is Cc1nc(N2CCC(NC(=O)CSc3c[nH]c4ccccc34)CC2)cc(C(F)(F)F)n1. The Labute approximate surface area is 181 Å². The van der Waals surface area contributed by atoms with Crippen molar-refractivity contribution in [2.45, 2.75) is 36.9 Å². The highest BCUT2D eigenvalue weighted by atomic mass is 32.2. The van der Waals surface area contributed by atoms with Crippen molar-refractivity contribution >= 4 is 34.4 Å². The molecule has 0 radical (unpaired) electrons. The van der Waals surface area contributed by atoms with E-state index in [1.165, 1.54) is 18.7 Å². The number of hydrogen-bond acceptors (Lipinski definition) is 5. The Balaban J connectivity index is 1.29. The predicted molar refractivity (Wildman–Crippen MR) is 114 cm³/mol. The van der Waals surface area contributed by atoms with E-state index in [9.17, 15) is 18.0 Å². The van der Waals surface area contributed by atoms with Gasteiger partial charge in [-0.15, -0.1) is 11.8 Å². The molecule has 0 bridgehead atoms. The van der Waals surface area contributed by atoms with E-state index in [0.29, 0.717) is 31.7 Å². The van der Waals surface area contributed by atoms with Crippen LogP contribution in [0.3, 0.4) is 0 Å². The number of piperidine rings is 1. The molecule has 10 heteroatoms. The zero-order valence-corrected chi connectivity index (χ0v) is 17.7. The molecule has 0 spiro atoms. The fourth-order valence-electron chi connectivity index (χ4n) is 3.69. The van der Waals surface area contributed by atoms with E-state index in [4.69, 9.17) is 0 Å². The monoisotopic (exact) mass is 449 g/mol. The van der Waals surface area contributed by atoms with E-state index in [1.54, 1.807) is 0 Å². The summed E-state index contributed by atoms with van der Waals surface area (Å²) in [6, 6.07) is 8.91.